The van der Waals surface area contributed by atoms with Crippen molar-refractivity contribution in [2.45, 2.75) is 38.7 Å². The maximum atomic E-state index is 9.06. The summed E-state index contributed by atoms with van der Waals surface area (Å²) in [4.78, 5) is 4.44. The molecule has 0 radical (unpaired) electrons. The number of nitrogens with zero attached hydrogens (tertiary/aromatic N) is 1. The SMILES string of the molecule is NC(=NCCc1ccc(CO)cc1)Nc1cccc2c1CCCC2. The van der Waals surface area contributed by atoms with Gasteiger partial charge in [0.25, 0.3) is 0 Å². The minimum Gasteiger partial charge on any atom is -0.392 e. The Kier molecular flexibility index (Phi) is 5.49. The number of guanidine groups is 1. The van der Waals surface area contributed by atoms with E-state index >= 15 is 0 Å². The summed E-state index contributed by atoms with van der Waals surface area (Å²) in [5, 5.41) is 12.3. The van der Waals surface area contributed by atoms with Crippen LogP contribution in [0.4, 0.5) is 5.69 Å². The number of fused-ring (bicyclic) bond motifs is 1. The Morgan fingerprint density at radius 3 is 2.58 bits per heavy atom. The molecule has 0 amide bonds. The van der Waals surface area contributed by atoms with Crippen molar-refractivity contribution in [3.63, 3.8) is 0 Å². The first-order valence-electron chi connectivity index (χ1n) is 8.62. The second-order valence-corrected chi connectivity index (χ2v) is 6.27. The van der Waals surface area contributed by atoms with Gasteiger partial charge in [0.1, 0.15) is 0 Å². The van der Waals surface area contributed by atoms with Crippen LogP contribution in [0.5, 0.6) is 0 Å². The van der Waals surface area contributed by atoms with E-state index in [0.717, 1.165) is 30.5 Å². The molecule has 0 spiro atoms. The summed E-state index contributed by atoms with van der Waals surface area (Å²) in [6, 6.07) is 14.3. The Labute approximate surface area is 143 Å². The van der Waals surface area contributed by atoms with Crippen molar-refractivity contribution in [3.8, 4) is 0 Å². The van der Waals surface area contributed by atoms with E-state index in [1.165, 1.54) is 29.5 Å². The molecule has 126 valence electrons. The fourth-order valence-corrected chi connectivity index (χ4v) is 3.19. The molecule has 0 fully saturated rings. The number of hydrogen-bond donors (Lipinski definition) is 3. The second-order valence-electron chi connectivity index (χ2n) is 6.27. The van der Waals surface area contributed by atoms with Crippen molar-refractivity contribution in [1.82, 2.24) is 0 Å². The fraction of sp³-hybridized carbons (Fsp3) is 0.350. The fourth-order valence-electron chi connectivity index (χ4n) is 3.19. The number of aliphatic hydroxyl groups excluding tert-OH is 1. The van der Waals surface area contributed by atoms with Gasteiger partial charge in [-0.2, -0.15) is 0 Å². The average Bonchev–Trinajstić information content (AvgIpc) is 2.63. The van der Waals surface area contributed by atoms with Gasteiger partial charge in [-0.05, 0) is 60.4 Å². The third-order valence-electron chi connectivity index (χ3n) is 4.55. The lowest BCUT2D eigenvalue weighted by Gasteiger charge is -2.19. The predicted molar refractivity (Wildman–Crippen MR) is 99.3 cm³/mol. The Morgan fingerprint density at radius 2 is 1.79 bits per heavy atom. The van der Waals surface area contributed by atoms with Crippen molar-refractivity contribution in [3.05, 3.63) is 64.7 Å². The minimum absolute atomic E-state index is 0.0801. The standard InChI is InChI=1S/C20H25N3O/c21-20(22-13-12-15-8-10-16(14-24)11-9-15)23-19-7-3-5-17-4-1-2-6-18(17)19/h3,5,7-11,24H,1-2,4,6,12-14H2,(H3,21,22,23). The highest BCUT2D eigenvalue weighted by molar-refractivity contribution is 5.93. The van der Waals surface area contributed by atoms with Gasteiger partial charge in [0, 0.05) is 12.2 Å². The van der Waals surface area contributed by atoms with Crippen LogP contribution in [-0.2, 0) is 25.9 Å². The Hall–Kier alpha value is -2.33. The maximum absolute atomic E-state index is 9.06. The van der Waals surface area contributed by atoms with Crippen molar-refractivity contribution < 1.29 is 5.11 Å². The number of aryl methyl sites for hydroxylation is 1. The molecule has 4 N–H and O–H groups in total. The van der Waals surface area contributed by atoms with Crippen LogP contribution < -0.4 is 11.1 Å². The molecule has 24 heavy (non-hydrogen) atoms. The lowest BCUT2D eigenvalue weighted by Crippen LogP contribution is -2.24. The van der Waals surface area contributed by atoms with Crippen LogP contribution in [0.3, 0.4) is 0 Å². The first kappa shape index (κ1) is 16.5. The molecule has 3 rings (SSSR count). The number of nitrogens with two attached hydrogens (primary N) is 1. The van der Waals surface area contributed by atoms with E-state index < -0.39 is 0 Å². The molecule has 0 saturated carbocycles. The third-order valence-corrected chi connectivity index (χ3v) is 4.55. The number of benzene rings is 2. The lowest BCUT2D eigenvalue weighted by molar-refractivity contribution is 0.282. The quantitative estimate of drug-likeness (QED) is 0.585. The molecule has 0 aliphatic heterocycles. The Bertz CT molecular complexity index is 707. The highest BCUT2D eigenvalue weighted by atomic mass is 16.3. The zero-order valence-electron chi connectivity index (χ0n) is 14.0. The normalized spacial score (nSPS) is 14.3. The Morgan fingerprint density at radius 1 is 1.04 bits per heavy atom. The van der Waals surface area contributed by atoms with E-state index in [2.05, 4.69) is 28.5 Å². The molecular formula is C20H25N3O. The van der Waals surface area contributed by atoms with E-state index in [0.29, 0.717) is 12.5 Å². The second kappa shape index (κ2) is 7.97. The first-order valence-corrected chi connectivity index (χ1v) is 8.62. The molecule has 1 aliphatic rings. The molecule has 0 atom stereocenters. The van der Waals surface area contributed by atoms with E-state index in [1.807, 2.05) is 24.3 Å². The minimum atomic E-state index is 0.0801. The topological polar surface area (TPSA) is 70.6 Å². The van der Waals surface area contributed by atoms with Crippen molar-refractivity contribution in [2.75, 3.05) is 11.9 Å². The number of aliphatic hydroxyl groups is 1. The summed E-state index contributed by atoms with van der Waals surface area (Å²) in [5.74, 6) is 0.473. The van der Waals surface area contributed by atoms with Gasteiger partial charge in [0.05, 0.1) is 6.61 Å². The van der Waals surface area contributed by atoms with Gasteiger partial charge in [0.15, 0.2) is 5.96 Å². The zero-order chi connectivity index (χ0) is 16.8. The van der Waals surface area contributed by atoms with Crippen LogP contribution in [0.2, 0.25) is 0 Å². The first-order chi connectivity index (χ1) is 11.8. The number of anilines is 1. The lowest BCUT2D eigenvalue weighted by atomic mass is 9.90. The summed E-state index contributed by atoms with van der Waals surface area (Å²) in [5.41, 5.74) is 12.1. The predicted octanol–water partition coefficient (Wildman–Crippen LogP) is 3.03. The maximum Gasteiger partial charge on any atom is 0.193 e. The summed E-state index contributed by atoms with van der Waals surface area (Å²) in [7, 11) is 0. The molecule has 0 aromatic heterocycles. The number of rotatable bonds is 5. The summed E-state index contributed by atoms with van der Waals surface area (Å²) < 4.78 is 0. The smallest absolute Gasteiger partial charge is 0.193 e. The van der Waals surface area contributed by atoms with Crippen LogP contribution in [0.1, 0.15) is 35.1 Å². The molecule has 2 aromatic rings. The molecule has 1 aliphatic carbocycles. The molecule has 0 bridgehead atoms. The van der Waals surface area contributed by atoms with Crippen molar-refractivity contribution in [2.24, 2.45) is 10.7 Å². The molecule has 0 saturated heterocycles. The van der Waals surface area contributed by atoms with Gasteiger partial charge in [-0.3, -0.25) is 4.99 Å². The highest BCUT2D eigenvalue weighted by Crippen LogP contribution is 2.27. The van der Waals surface area contributed by atoms with Crippen molar-refractivity contribution in [1.29, 1.82) is 0 Å². The summed E-state index contributed by atoms with van der Waals surface area (Å²) in [6.07, 6.45) is 5.62. The number of nitrogens with one attached hydrogen (secondary N) is 1. The van der Waals surface area contributed by atoms with Gasteiger partial charge >= 0.3 is 0 Å². The van der Waals surface area contributed by atoms with E-state index in [-0.39, 0.29) is 6.61 Å². The molecule has 4 nitrogen and oxygen atoms in total. The number of hydrogen-bond acceptors (Lipinski definition) is 2. The van der Waals surface area contributed by atoms with Crippen molar-refractivity contribution >= 4 is 11.6 Å². The highest BCUT2D eigenvalue weighted by Gasteiger charge is 2.12. The summed E-state index contributed by atoms with van der Waals surface area (Å²) in [6.45, 7) is 0.725. The molecular weight excluding hydrogens is 298 g/mol. The molecule has 0 heterocycles. The van der Waals surface area contributed by atoms with Gasteiger partial charge in [-0.15, -0.1) is 0 Å². The average molecular weight is 323 g/mol. The zero-order valence-corrected chi connectivity index (χ0v) is 14.0. The van der Waals surface area contributed by atoms with Crippen LogP contribution in [-0.4, -0.2) is 17.6 Å². The van der Waals surface area contributed by atoms with Gasteiger partial charge in [-0.25, -0.2) is 0 Å². The molecule has 2 aromatic carbocycles. The van der Waals surface area contributed by atoms with Crippen LogP contribution in [0.15, 0.2) is 47.5 Å². The van der Waals surface area contributed by atoms with Gasteiger partial charge < -0.3 is 16.2 Å². The van der Waals surface area contributed by atoms with E-state index in [9.17, 15) is 0 Å². The van der Waals surface area contributed by atoms with Crippen LogP contribution in [0, 0.1) is 0 Å². The Balaban J connectivity index is 1.58. The van der Waals surface area contributed by atoms with Gasteiger partial charge in [0.2, 0.25) is 0 Å². The number of aliphatic imine (C=N–C) groups is 1. The molecule has 0 unspecified atom stereocenters. The molecule has 4 heteroatoms. The third kappa shape index (κ3) is 4.15. The van der Waals surface area contributed by atoms with Crippen LogP contribution >= 0.6 is 0 Å². The van der Waals surface area contributed by atoms with E-state index in [1.54, 1.807) is 0 Å². The largest absolute Gasteiger partial charge is 0.392 e. The summed E-state index contributed by atoms with van der Waals surface area (Å²) >= 11 is 0. The van der Waals surface area contributed by atoms with Gasteiger partial charge in [-0.1, -0.05) is 36.4 Å². The van der Waals surface area contributed by atoms with Crippen LogP contribution in [0.25, 0.3) is 0 Å². The van der Waals surface area contributed by atoms with E-state index in [4.69, 9.17) is 10.8 Å². The monoisotopic (exact) mass is 323 g/mol.